The molecule has 0 bridgehead atoms. The van der Waals surface area contributed by atoms with Crippen molar-refractivity contribution < 1.29 is 22.7 Å². The number of benzene rings is 1. The molecule has 0 aliphatic heterocycles. The molecule has 0 N–H and O–H groups in total. The van der Waals surface area contributed by atoms with E-state index in [0.29, 0.717) is 10.6 Å². The van der Waals surface area contributed by atoms with Gasteiger partial charge in [0.25, 0.3) is 0 Å². The van der Waals surface area contributed by atoms with Crippen LogP contribution in [0.2, 0.25) is 5.02 Å². The zero-order valence-electron chi connectivity index (χ0n) is 11.5. The second-order valence-electron chi connectivity index (χ2n) is 4.41. The highest BCUT2D eigenvalue weighted by molar-refractivity contribution is 6.30. The van der Waals surface area contributed by atoms with Gasteiger partial charge in [0.15, 0.2) is 0 Å². The van der Waals surface area contributed by atoms with Crippen LogP contribution in [-0.4, -0.2) is 28.5 Å². The maximum atomic E-state index is 12.7. The van der Waals surface area contributed by atoms with Gasteiger partial charge in [-0.3, -0.25) is 4.68 Å². The van der Waals surface area contributed by atoms with Gasteiger partial charge in [-0.1, -0.05) is 23.7 Å². The third kappa shape index (κ3) is 3.79. The first kappa shape index (κ1) is 16.4. The van der Waals surface area contributed by atoms with Gasteiger partial charge in [-0.05, 0) is 19.1 Å². The average Bonchev–Trinajstić information content (AvgIpc) is 2.81. The maximum absolute atomic E-state index is 12.7. The summed E-state index contributed by atoms with van der Waals surface area (Å²) in [6.07, 6.45) is -3.38. The van der Waals surface area contributed by atoms with E-state index in [9.17, 15) is 18.0 Å². The van der Waals surface area contributed by atoms with Crippen molar-refractivity contribution >= 4 is 17.6 Å². The summed E-state index contributed by atoms with van der Waals surface area (Å²) >= 11 is 5.78. The molecule has 0 atom stereocenters. The number of nitrogens with zero attached hydrogens (tertiary/aromatic N) is 2. The Labute approximate surface area is 129 Å². The van der Waals surface area contributed by atoms with Crippen LogP contribution in [0.1, 0.15) is 17.3 Å². The number of hydrogen-bond acceptors (Lipinski definition) is 3. The van der Waals surface area contributed by atoms with Gasteiger partial charge in [0.1, 0.15) is 12.1 Å². The van der Waals surface area contributed by atoms with E-state index in [4.69, 9.17) is 16.3 Å². The van der Waals surface area contributed by atoms with Crippen molar-refractivity contribution in [2.24, 2.45) is 0 Å². The summed E-state index contributed by atoms with van der Waals surface area (Å²) in [6.45, 7) is 0.424. The monoisotopic (exact) mass is 332 g/mol. The largest absolute Gasteiger partial charge is 0.462 e. The fraction of sp³-hybridized carbons (Fsp3) is 0.286. The lowest BCUT2D eigenvalue weighted by Crippen LogP contribution is -2.19. The molecule has 0 fully saturated rings. The molecule has 0 amide bonds. The van der Waals surface area contributed by atoms with E-state index in [1.807, 2.05) is 0 Å². The van der Waals surface area contributed by atoms with E-state index in [0.717, 1.165) is 10.9 Å². The first-order valence-electron chi connectivity index (χ1n) is 6.37. The number of aromatic nitrogens is 2. The number of rotatable bonds is 4. The van der Waals surface area contributed by atoms with Gasteiger partial charge in [-0.15, -0.1) is 0 Å². The first-order chi connectivity index (χ1) is 10.3. The molecule has 0 aliphatic carbocycles. The Morgan fingerprint density at radius 2 is 1.95 bits per heavy atom. The lowest BCUT2D eigenvalue weighted by atomic mass is 10.1. The van der Waals surface area contributed by atoms with Crippen molar-refractivity contribution in [3.8, 4) is 11.3 Å². The van der Waals surface area contributed by atoms with Crippen molar-refractivity contribution in [2.45, 2.75) is 19.6 Å². The minimum Gasteiger partial charge on any atom is -0.462 e. The van der Waals surface area contributed by atoms with Crippen molar-refractivity contribution in [2.75, 3.05) is 6.61 Å². The van der Waals surface area contributed by atoms with Gasteiger partial charge in [-0.25, -0.2) is 4.79 Å². The summed E-state index contributed by atoms with van der Waals surface area (Å²) < 4.78 is 43.6. The van der Waals surface area contributed by atoms with E-state index in [1.54, 1.807) is 6.92 Å². The molecule has 0 saturated carbocycles. The molecule has 0 spiro atoms. The van der Waals surface area contributed by atoms with Gasteiger partial charge in [0.05, 0.1) is 18.5 Å². The topological polar surface area (TPSA) is 44.1 Å². The molecular formula is C14H12ClF3N2O2. The van der Waals surface area contributed by atoms with E-state index in [1.165, 1.54) is 24.3 Å². The smallest absolute Gasteiger partial charge is 0.408 e. The molecule has 2 aromatic rings. The number of ether oxygens (including phenoxy) is 1. The quantitative estimate of drug-likeness (QED) is 0.796. The zero-order valence-corrected chi connectivity index (χ0v) is 12.3. The molecular weight excluding hydrogens is 321 g/mol. The van der Waals surface area contributed by atoms with Crippen LogP contribution in [0.4, 0.5) is 13.2 Å². The Balaban J connectivity index is 2.52. The second kappa shape index (κ2) is 6.39. The number of carbonyl (C=O) groups is 1. The van der Waals surface area contributed by atoms with E-state index in [2.05, 4.69) is 5.10 Å². The molecule has 0 unspecified atom stereocenters. The summed E-state index contributed by atoms with van der Waals surface area (Å²) in [6, 6.07) is 6.09. The molecule has 22 heavy (non-hydrogen) atoms. The van der Waals surface area contributed by atoms with Crippen LogP contribution in [0, 0.1) is 0 Å². The van der Waals surface area contributed by atoms with Crippen LogP contribution < -0.4 is 0 Å². The predicted octanol–water partition coefficient (Wildman–Crippen LogP) is 3.94. The Morgan fingerprint density at radius 3 is 2.50 bits per heavy atom. The molecule has 8 heteroatoms. The second-order valence-corrected chi connectivity index (χ2v) is 4.84. The number of hydrogen-bond donors (Lipinski definition) is 0. The van der Waals surface area contributed by atoms with Gasteiger partial charge >= 0.3 is 12.1 Å². The molecule has 0 aliphatic rings. The number of alkyl halides is 3. The molecule has 2 rings (SSSR count). The van der Waals surface area contributed by atoms with Crippen LogP contribution in [0.5, 0.6) is 0 Å². The van der Waals surface area contributed by atoms with Crippen molar-refractivity contribution in [1.82, 2.24) is 9.78 Å². The summed E-state index contributed by atoms with van der Waals surface area (Å²) in [7, 11) is 0. The predicted molar refractivity (Wildman–Crippen MR) is 74.7 cm³/mol. The molecule has 1 aromatic heterocycles. The van der Waals surface area contributed by atoms with Crippen molar-refractivity contribution in [1.29, 1.82) is 0 Å². The minimum atomic E-state index is -4.46. The molecule has 1 heterocycles. The Kier molecular flexibility index (Phi) is 4.75. The average molecular weight is 333 g/mol. The van der Waals surface area contributed by atoms with Gasteiger partial charge in [0.2, 0.25) is 0 Å². The molecule has 1 aromatic carbocycles. The van der Waals surface area contributed by atoms with Gasteiger partial charge in [0, 0.05) is 10.6 Å². The van der Waals surface area contributed by atoms with Crippen LogP contribution >= 0.6 is 11.6 Å². The van der Waals surface area contributed by atoms with Gasteiger partial charge in [-0.2, -0.15) is 18.3 Å². The highest BCUT2D eigenvalue weighted by Crippen LogP contribution is 2.28. The molecule has 0 saturated heterocycles. The lowest BCUT2D eigenvalue weighted by Gasteiger charge is -2.12. The third-order valence-electron chi connectivity index (χ3n) is 2.78. The lowest BCUT2D eigenvalue weighted by molar-refractivity contribution is -0.142. The fourth-order valence-corrected chi connectivity index (χ4v) is 2.07. The fourth-order valence-electron chi connectivity index (χ4n) is 1.95. The highest BCUT2D eigenvalue weighted by atomic mass is 35.5. The molecule has 118 valence electrons. The van der Waals surface area contributed by atoms with Crippen LogP contribution in [0.15, 0.2) is 30.5 Å². The number of halogens is 4. The summed E-state index contributed by atoms with van der Waals surface area (Å²) in [5.41, 5.74) is 0.426. The highest BCUT2D eigenvalue weighted by Gasteiger charge is 2.31. The Hall–Kier alpha value is -2.02. The number of esters is 1. The van der Waals surface area contributed by atoms with E-state index < -0.39 is 18.7 Å². The minimum absolute atomic E-state index is 0.0200. The molecule has 0 radical (unpaired) electrons. The van der Waals surface area contributed by atoms with E-state index >= 15 is 0 Å². The number of carbonyl (C=O) groups excluding carboxylic acids is 1. The van der Waals surface area contributed by atoms with Crippen LogP contribution in [0.3, 0.4) is 0 Å². The zero-order chi connectivity index (χ0) is 16.3. The summed E-state index contributed by atoms with van der Waals surface area (Å²) in [5, 5.41) is 4.10. The first-order valence-corrected chi connectivity index (χ1v) is 6.75. The maximum Gasteiger partial charge on any atom is 0.408 e. The van der Waals surface area contributed by atoms with Gasteiger partial charge < -0.3 is 4.74 Å². The third-order valence-corrected chi connectivity index (χ3v) is 3.03. The van der Waals surface area contributed by atoms with Crippen molar-refractivity contribution in [3.05, 3.63) is 41.0 Å². The van der Waals surface area contributed by atoms with Crippen LogP contribution in [-0.2, 0) is 11.3 Å². The Bertz CT molecular complexity index is 666. The van der Waals surface area contributed by atoms with Crippen LogP contribution in [0.25, 0.3) is 11.3 Å². The summed E-state index contributed by atoms with van der Waals surface area (Å²) in [5.74, 6) is -0.721. The SMILES string of the molecule is CCOC(=O)c1cnn(CC(F)(F)F)c1-c1ccc(Cl)cc1. The normalized spacial score (nSPS) is 11.5. The molecule has 4 nitrogen and oxygen atoms in total. The van der Waals surface area contributed by atoms with Crippen molar-refractivity contribution in [3.63, 3.8) is 0 Å². The van der Waals surface area contributed by atoms with E-state index in [-0.39, 0.29) is 17.9 Å². The summed E-state index contributed by atoms with van der Waals surface area (Å²) in [4.78, 5) is 11.9. The standard InChI is InChI=1S/C14H12ClF3N2O2/c1-2-22-13(21)11-7-19-20(8-14(16,17)18)12(11)9-3-5-10(15)6-4-9/h3-7H,2,8H2,1H3. The Morgan fingerprint density at radius 1 is 1.32 bits per heavy atom.